The molecule has 0 aliphatic carbocycles. The van der Waals surface area contributed by atoms with E-state index in [4.69, 9.17) is 15.0 Å². The van der Waals surface area contributed by atoms with Crippen molar-refractivity contribution in [2.45, 2.75) is 0 Å². The second kappa shape index (κ2) is 10.7. The van der Waals surface area contributed by atoms with E-state index >= 15 is 0 Å². The zero-order valence-corrected chi connectivity index (χ0v) is 24.8. The molecule has 0 aliphatic rings. The highest BCUT2D eigenvalue weighted by Gasteiger charge is 2.16. The van der Waals surface area contributed by atoms with E-state index in [1.54, 1.807) is 6.20 Å². The van der Waals surface area contributed by atoms with Crippen LogP contribution in [-0.2, 0) is 0 Å². The first kappa shape index (κ1) is 26.2. The maximum atomic E-state index is 5.27. The Kier molecular flexibility index (Phi) is 6.10. The van der Waals surface area contributed by atoms with Crippen LogP contribution >= 0.6 is 0 Å². The third-order valence-corrected chi connectivity index (χ3v) is 8.72. The van der Waals surface area contributed by atoms with Crippen LogP contribution < -0.4 is 0 Å². The lowest BCUT2D eigenvalue weighted by molar-refractivity contribution is 1.31. The molecule has 0 aliphatic heterocycles. The van der Waals surface area contributed by atoms with Crippen molar-refractivity contribution in [3.63, 3.8) is 0 Å². The van der Waals surface area contributed by atoms with Gasteiger partial charge in [0.15, 0.2) is 0 Å². The summed E-state index contributed by atoms with van der Waals surface area (Å²) >= 11 is 0. The van der Waals surface area contributed by atoms with Crippen molar-refractivity contribution in [3.8, 4) is 44.9 Å². The number of rotatable bonds is 4. The first-order chi connectivity index (χ1) is 22.8. The third-order valence-electron chi connectivity index (χ3n) is 8.72. The highest BCUT2D eigenvalue weighted by atomic mass is 14.8. The van der Waals surface area contributed by atoms with Crippen molar-refractivity contribution in [2.24, 2.45) is 0 Å². The van der Waals surface area contributed by atoms with Crippen LogP contribution in [0, 0.1) is 0 Å². The van der Waals surface area contributed by atoms with Crippen LogP contribution in [0.1, 0.15) is 0 Å². The van der Waals surface area contributed by atoms with Crippen LogP contribution in [-0.4, -0.2) is 19.9 Å². The van der Waals surface area contributed by atoms with Gasteiger partial charge in [-0.25, -0.2) is 15.0 Å². The molecular formula is C42H26N4. The van der Waals surface area contributed by atoms with Gasteiger partial charge in [0.25, 0.3) is 0 Å². The first-order valence-electron chi connectivity index (χ1n) is 15.4. The number of hydrogen-bond donors (Lipinski definition) is 0. The van der Waals surface area contributed by atoms with E-state index in [1.807, 2.05) is 30.5 Å². The summed E-state index contributed by atoms with van der Waals surface area (Å²) in [4.78, 5) is 20.0. The molecular weight excluding hydrogens is 560 g/mol. The Morgan fingerprint density at radius 2 is 1.07 bits per heavy atom. The molecule has 4 nitrogen and oxygen atoms in total. The molecule has 0 saturated heterocycles. The Balaban J connectivity index is 1.27. The SMILES string of the molecule is c1ccc(-c2ccc3ccc4ccc(-c5ccc6c(c5)nc(-c5cccnc5)c5cccc(-c7ccccc7)c56)nc4c3n2)cc1. The molecule has 0 unspecified atom stereocenters. The van der Waals surface area contributed by atoms with Gasteiger partial charge in [-0.05, 0) is 41.5 Å². The fraction of sp³-hybridized carbons (Fsp3) is 0. The maximum absolute atomic E-state index is 5.27. The summed E-state index contributed by atoms with van der Waals surface area (Å²) in [6, 6.07) is 50.6. The average Bonchev–Trinajstić information content (AvgIpc) is 3.14. The van der Waals surface area contributed by atoms with Crippen molar-refractivity contribution < 1.29 is 0 Å². The van der Waals surface area contributed by atoms with E-state index in [-0.39, 0.29) is 0 Å². The molecule has 4 aromatic heterocycles. The van der Waals surface area contributed by atoms with Crippen LogP contribution in [0.25, 0.3) is 88.4 Å². The topological polar surface area (TPSA) is 51.6 Å². The third kappa shape index (κ3) is 4.39. The van der Waals surface area contributed by atoms with E-state index in [0.717, 1.165) is 71.9 Å². The van der Waals surface area contributed by atoms with Crippen LogP contribution in [0.2, 0.25) is 0 Å². The summed E-state index contributed by atoms with van der Waals surface area (Å²) in [5.41, 5.74) is 10.9. The second-order valence-corrected chi connectivity index (χ2v) is 11.5. The standard InChI is InChI=1S/C42H26N4/c1-3-9-27(10-4-1)33-14-7-15-35-39(33)34-21-18-31(25-38(34)46-40(35)32-13-8-24-43-26-32)37-23-20-30-17-16-29-19-22-36(28-11-5-2-6-12-28)44-41(29)42(30)45-37/h1-26H. The van der Waals surface area contributed by atoms with Crippen LogP contribution in [0.4, 0.5) is 0 Å². The fourth-order valence-electron chi connectivity index (χ4n) is 6.49. The van der Waals surface area contributed by atoms with Gasteiger partial charge < -0.3 is 0 Å². The molecule has 5 aromatic carbocycles. The van der Waals surface area contributed by atoms with Crippen molar-refractivity contribution in [2.75, 3.05) is 0 Å². The lowest BCUT2D eigenvalue weighted by Crippen LogP contribution is -1.94. The highest BCUT2D eigenvalue weighted by molar-refractivity contribution is 6.17. The summed E-state index contributed by atoms with van der Waals surface area (Å²) in [5, 5.41) is 5.51. The number of benzene rings is 5. The van der Waals surface area contributed by atoms with Crippen LogP contribution in [0.15, 0.2) is 158 Å². The summed E-state index contributed by atoms with van der Waals surface area (Å²) in [6.07, 6.45) is 3.69. The molecule has 0 saturated carbocycles. The van der Waals surface area contributed by atoms with Gasteiger partial charge in [-0.15, -0.1) is 0 Å². The largest absolute Gasteiger partial charge is 0.264 e. The monoisotopic (exact) mass is 586 g/mol. The van der Waals surface area contributed by atoms with Crippen molar-refractivity contribution in [3.05, 3.63) is 158 Å². The molecule has 0 amide bonds. The molecule has 0 fully saturated rings. The van der Waals surface area contributed by atoms with E-state index in [9.17, 15) is 0 Å². The lowest BCUT2D eigenvalue weighted by atomic mass is 9.92. The molecule has 4 heterocycles. The Morgan fingerprint density at radius 3 is 1.76 bits per heavy atom. The van der Waals surface area contributed by atoms with E-state index in [2.05, 4.69) is 126 Å². The zero-order valence-electron chi connectivity index (χ0n) is 24.8. The minimum Gasteiger partial charge on any atom is -0.264 e. The van der Waals surface area contributed by atoms with E-state index in [0.29, 0.717) is 0 Å². The van der Waals surface area contributed by atoms with Gasteiger partial charge in [-0.2, -0.15) is 0 Å². The van der Waals surface area contributed by atoms with Gasteiger partial charge in [0.05, 0.1) is 33.6 Å². The fourth-order valence-corrected chi connectivity index (χ4v) is 6.49. The van der Waals surface area contributed by atoms with Crippen molar-refractivity contribution in [1.82, 2.24) is 19.9 Å². The molecule has 0 N–H and O–H groups in total. The van der Waals surface area contributed by atoms with Gasteiger partial charge in [0, 0.05) is 56.0 Å². The first-order valence-corrected chi connectivity index (χ1v) is 15.4. The molecule has 214 valence electrons. The normalized spacial score (nSPS) is 11.5. The molecule has 9 aromatic rings. The number of fused-ring (bicyclic) bond motifs is 6. The minimum atomic E-state index is 0.884. The summed E-state index contributed by atoms with van der Waals surface area (Å²) < 4.78 is 0. The van der Waals surface area contributed by atoms with Gasteiger partial charge in [-0.3, -0.25) is 4.98 Å². The number of pyridine rings is 4. The quantitative estimate of drug-likeness (QED) is 0.193. The maximum Gasteiger partial charge on any atom is 0.0972 e. The van der Waals surface area contributed by atoms with E-state index in [1.165, 1.54) is 16.5 Å². The Labute approximate surface area is 265 Å². The Morgan fingerprint density at radius 1 is 0.413 bits per heavy atom. The number of nitrogens with zero attached hydrogens (tertiary/aromatic N) is 4. The summed E-state index contributed by atoms with van der Waals surface area (Å²) in [6.45, 7) is 0. The Hall–Kier alpha value is -6.26. The molecule has 0 atom stereocenters. The van der Waals surface area contributed by atoms with Crippen molar-refractivity contribution in [1.29, 1.82) is 0 Å². The van der Waals surface area contributed by atoms with Gasteiger partial charge >= 0.3 is 0 Å². The van der Waals surface area contributed by atoms with Crippen LogP contribution in [0.5, 0.6) is 0 Å². The molecule has 0 bridgehead atoms. The van der Waals surface area contributed by atoms with Crippen molar-refractivity contribution >= 4 is 43.5 Å². The van der Waals surface area contributed by atoms with Gasteiger partial charge in [0.1, 0.15) is 0 Å². The predicted octanol–water partition coefficient (Wildman–Crippen LogP) is 10.5. The van der Waals surface area contributed by atoms with Gasteiger partial charge in [0.2, 0.25) is 0 Å². The van der Waals surface area contributed by atoms with E-state index < -0.39 is 0 Å². The average molecular weight is 587 g/mol. The molecule has 46 heavy (non-hydrogen) atoms. The Bertz CT molecular complexity index is 2560. The lowest BCUT2D eigenvalue weighted by Gasteiger charge is -2.15. The number of aromatic nitrogens is 4. The second-order valence-electron chi connectivity index (χ2n) is 11.5. The molecule has 0 radical (unpaired) electrons. The smallest absolute Gasteiger partial charge is 0.0972 e. The minimum absolute atomic E-state index is 0.884. The molecule has 0 spiro atoms. The zero-order chi connectivity index (χ0) is 30.5. The van der Waals surface area contributed by atoms with Crippen LogP contribution in [0.3, 0.4) is 0 Å². The highest BCUT2D eigenvalue weighted by Crippen LogP contribution is 2.39. The summed E-state index contributed by atoms with van der Waals surface area (Å²) in [5.74, 6) is 0. The predicted molar refractivity (Wildman–Crippen MR) is 189 cm³/mol. The molecule has 9 rings (SSSR count). The number of hydrogen-bond acceptors (Lipinski definition) is 4. The summed E-state index contributed by atoms with van der Waals surface area (Å²) in [7, 11) is 0. The van der Waals surface area contributed by atoms with Gasteiger partial charge in [-0.1, -0.05) is 115 Å². The molecule has 4 heteroatoms.